The van der Waals surface area contributed by atoms with Gasteiger partial charge in [-0.05, 0) is 25.3 Å². The normalized spacial score (nSPS) is 45.4. The number of hydrogen-bond donors (Lipinski definition) is 2. The van der Waals surface area contributed by atoms with Crippen molar-refractivity contribution in [1.29, 1.82) is 0 Å². The lowest BCUT2D eigenvalue weighted by Gasteiger charge is -2.68. The van der Waals surface area contributed by atoms with Crippen LogP contribution in [-0.2, 0) is 42.9 Å². The smallest absolute Gasteiger partial charge is 0.340 e. The molecule has 0 aromatic rings. The summed E-state index contributed by atoms with van der Waals surface area (Å²) in [5.74, 6) is -7.10. The van der Waals surface area contributed by atoms with Gasteiger partial charge in [-0.15, -0.1) is 0 Å². The number of aliphatic hydroxyl groups excluding tert-OH is 1. The van der Waals surface area contributed by atoms with Crippen LogP contribution in [-0.4, -0.2) is 78.0 Å². The van der Waals surface area contributed by atoms with Crippen LogP contribution in [0.4, 0.5) is 0 Å². The summed E-state index contributed by atoms with van der Waals surface area (Å²) in [5, 5.41) is 23.7. The summed E-state index contributed by atoms with van der Waals surface area (Å²) in [6.07, 6.45) is -2.05. The number of aliphatic hydroxyl groups is 2. The Morgan fingerprint density at radius 1 is 1.05 bits per heavy atom. The molecule has 2 bridgehead atoms. The van der Waals surface area contributed by atoms with E-state index in [2.05, 4.69) is 0 Å². The van der Waals surface area contributed by atoms with Crippen LogP contribution in [0, 0.1) is 39.9 Å². The van der Waals surface area contributed by atoms with E-state index in [4.69, 9.17) is 18.9 Å². The standard InChI is InChI=1S/C28H36O11/c1-25(2)19(18(30)24(34)37-6)27(4)14-7-8-26(3)15(28(14,35)11-13(20(25)31)21(27)32)10-16(29)38-22(26)12-9-17(36-5)39-23(12)33/h9,13-15,17-19,22,30,35H,7-8,10-11H2,1-6H3/t13-,14+,15+,17?,18+,19-,22-,26+,27+,28+/m0/s1. The number of esters is 3. The molecule has 39 heavy (non-hydrogen) atoms. The third kappa shape index (κ3) is 3.48. The lowest BCUT2D eigenvalue weighted by Crippen LogP contribution is -2.76. The van der Waals surface area contributed by atoms with Gasteiger partial charge >= 0.3 is 17.9 Å². The van der Waals surface area contributed by atoms with Crippen LogP contribution in [0.15, 0.2) is 11.6 Å². The van der Waals surface area contributed by atoms with Crippen LogP contribution in [0.1, 0.15) is 53.4 Å². The number of carbonyl (C=O) groups is 5. The molecule has 0 radical (unpaired) electrons. The van der Waals surface area contributed by atoms with Gasteiger partial charge in [0.25, 0.3) is 0 Å². The molecule has 0 spiro atoms. The van der Waals surface area contributed by atoms with Crippen LogP contribution in [0.2, 0.25) is 0 Å². The average Bonchev–Trinajstić information content (AvgIpc) is 3.25. The van der Waals surface area contributed by atoms with Crippen LogP contribution in [0.25, 0.3) is 0 Å². The number of fused-ring (bicyclic) bond motifs is 6. The minimum Gasteiger partial charge on any atom is -0.467 e. The summed E-state index contributed by atoms with van der Waals surface area (Å²) in [6, 6.07) is 0. The second kappa shape index (κ2) is 8.68. The van der Waals surface area contributed by atoms with E-state index in [0.717, 1.165) is 7.11 Å². The maximum Gasteiger partial charge on any atom is 0.340 e. The van der Waals surface area contributed by atoms with Crippen LogP contribution < -0.4 is 0 Å². The SMILES string of the molecule is COC(=O)[C@H](O)[C@H]1C(C)(C)C(=O)[C@@H]2C[C@]3(O)[C@@H]4CC(=O)O[C@@H](C5=CC(OC)OC5=O)[C@]4(C)CC[C@@H]3[C@@]1(C)C2=O. The van der Waals surface area contributed by atoms with Crippen LogP contribution in [0.5, 0.6) is 0 Å². The van der Waals surface area contributed by atoms with Gasteiger partial charge in [0.05, 0.1) is 30.6 Å². The number of cyclic esters (lactones) is 2. The molecule has 5 rings (SSSR count). The Bertz CT molecular complexity index is 1190. The van der Waals surface area contributed by atoms with Gasteiger partial charge in [0.2, 0.25) is 6.29 Å². The van der Waals surface area contributed by atoms with Crippen molar-refractivity contribution in [2.45, 2.75) is 77.5 Å². The third-order valence-electron chi connectivity index (χ3n) is 10.7. The Morgan fingerprint density at radius 3 is 2.31 bits per heavy atom. The fourth-order valence-electron chi connectivity index (χ4n) is 9.03. The quantitative estimate of drug-likeness (QED) is 0.291. The zero-order chi connectivity index (χ0) is 28.9. The van der Waals surface area contributed by atoms with Gasteiger partial charge in [0, 0.05) is 41.1 Å². The molecule has 5 aliphatic rings. The molecule has 3 aliphatic carbocycles. The highest BCUT2D eigenvalue weighted by atomic mass is 16.7. The van der Waals surface area contributed by atoms with Gasteiger partial charge in [-0.2, -0.15) is 0 Å². The van der Waals surface area contributed by atoms with Gasteiger partial charge in [-0.25, -0.2) is 9.59 Å². The Hall–Kier alpha value is -2.63. The maximum atomic E-state index is 14.0. The molecular weight excluding hydrogens is 512 g/mol. The molecule has 11 heteroatoms. The summed E-state index contributed by atoms with van der Waals surface area (Å²) in [7, 11) is 2.49. The fourth-order valence-corrected chi connectivity index (χ4v) is 9.03. The van der Waals surface area contributed by atoms with Gasteiger partial charge in [0.1, 0.15) is 17.7 Å². The number of rotatable bonds is 4. The lowest BCUT2D eigenvalue weighted by molar-refractivity contribution is -0.261. The Morgan fingerprint density at radius 2 is 1.72 bits per heavy atom. The van der Waals surface area contributed by atoms with Crippen molar-refractivity contribution in [1.82, 2.24) is 0 Å². The first kappa shape index (κ1) is 27.9. The first-order chi connectivity index (χ1) is 18.1. The van der Waals surface area contributed by atoms with Crippen molar-refractivity contribution >= 4 is 29.5 Å². The summed E-state index contributed by atoms with van der Waals surface area (Å²) in [6.45, 7) is 6.67. The Balaban J connectivity index is 1.64. The number of Topliss-reactive ketones (excluding diaryl/α,β-unsaturated/α-hetero) is 2. The van der Waals surface area contributed by atoms with E-state index < -0.39 is 93.5 Å². The predicted molar refractivity (Wildman–Crippen MR) is 130 cm³/mol. The average molecular weight is 549 g/mol. The molecule has 4 fully saturated rings. The minimum atomic E-state index is -1.78. The minimum absolute atomic E-state index is 0.124. The van der Waals surface area contributed by atoms with Crippen molar-refractivity contribution in [3.63, 3.8) is 0 Å². The van der Waals surface area contributed by atoms with Crippen molar-refractivity contribution in [3.8, 4) is 0 Å². The highest BCUT2D eigenvalue weighted by Gasteiger charge is 2.76. The topological polar surface area (TPSA) is 163 Å². The van der Waals surface area contributed by atoms with Crippen molar-refractivity contribution < 1.29 is 53.1 Å². The van der Waals surface area contributed by atoms with Crippen LogP contribution in [0.3, 0.4) is 0 Å². The van der Waals surface area contributed by atoms with E-state index in [1.807, 2.05) is 6.92 Å². The van der Waals surface area contributed by atoms with Crippen molar-refractivity contribution in [2.24, 2.45) is 39.9 Å². The summed E-state index contributed by atoms with van der Waals surface area (Å²) in [4.78, 5) is 66.0. The van der Waals surface area contributed by atoms with Gasteiger partial charge in [-0.3, -0.25) is 14.4 Å². The molecule has 10 atom stereocenters. The Labute approximate surface area is 226 Å². The molecule has 11 nitrogen and oxygen atoms in total. The van der Waals surface area contributed by atoms with E-state index >= 15 is 0 Å². The highest BCUT2D eigenvalue weighted by Crippen LogP contribution is 2.69. The number of carbonyl (C=O) groups excluding carboxylic acids is 5. The molecule has 2 heterocycles. The molecule has 0 aromatic heterocycles. The van der Waals surface area contributed by atoms with E-state index in [1.165, 1.54) is 13.2 Å². The largest absolute Gasteiger partial charge is 0.467 e. The first-order valence-corrected chi connectivity index (χ1v) is 13.3. The van der Waals surface area contributed by atoms with Gasteiger partial charge in [0.15, 0.2) is 6.10 Å². The lowest BCUT2D eigenvalue weighted by atomic mass is 9.36. The number of ketones is 2. The predicted octanol–water partition coefficient (Wildman–Crippen LogP) is 0.875. The molecule has 1 unspecified atom stereocenters. The van der Waals surface area contributed by atoms with E-state index in [0.29, 0.717) is 6.42 Å². The summed E-state index contributed by atoms with van der Waals surface area (Å²) < 4.78 is 20.8. The van der Waals surface area contributed by atoms with Gasteiger partial charge < -0.3 is 29.2 Å². The van der Waals surface area contributed by atoms with Crippen molar-refractivity contribution in [2.75, 3.05) is 14.2 Å². The molecule has 0 amide bonds. The number of hydrogen-bond acceptors (Lipinski definition) is 11. The molecule has 3 saturated carbocycles. The summed E-state index contributed by atoms with van der Waals surface area (Å²) >= 11 is 0. The molecular formula is C28H36O11. The Kier molecular flexibility index (Phi) is 6.22. The third-order valence-corrected chi connectivity index (χ3v) is 10.7. The monoisotopic (exact) mass is 548 g/mol. The van der Waals surface area contributed by atoms with E-state index in [-0.39, 0.29) is 24.8 Å². The van der Waals surface area contributed by atoms with Crippen molar-refractivity contribution in [3.05, 3.63) is 11.6 Å². The molecule has 214 valence electrons. The van der Waals surface area contributed by atoms with E-state index in [9.17, 15) is 34.2 Å². The zero-order valence-electron chi connectivity index (χ0n) is 23.0. The first-order valence-electron chi connectivity index (χ1n) is 13.3. The highest BCUT2D eigenvalue weighted by molar-refractivity contribution is 6.11. The van der Waals surface area contributed by atoms with Gasteiger partial charge in [-0.1, -0.05) is 27.7 Å². The number of methoxy groups -OCH3 is 2. The maximum absolute atomic E-state index is 14.0. The molecule has 1 saturated heterocycles. The fraction of sp³-hybridized carbons (Fsp3) is 0.750. The second-order valence-electron chi connectivity index (χ2n) is 12.8. The molecule has 2 N–H and O–H groups in total. The van der Waals surface area contributed by atoms with Crippen LogP contribution >= 0.6 is 0 Å². The van der Waals surface area contributed by atoms with E-state index in [1.54, 1.807) is 20.8 Å². The second-order valence-corrected chi connectivity index (χ2v) is 12.8. The number of ether oxygens (including phenoxy) is 4. The molecule has 2 aliphatic heterocycles. The zero-order valence-corrected chi connectivity index (χ0v) is 23.0. The molecule has 0 aromatic carbocycles. The summed E-state index contributed by atoms with van der Waals surface area (Å²) in [5.41, 5.74) is -5.27.